The molecule has 0 aliphatic carbocycles. The number of para-hydroxylation sites is 1. The van der Waals surface area contributed by atoms with Crippen LogP contribution in [0.15, 0.2) is 67.0 Å². The van der Waals surface area contributed by atoms with E-state index in [9.17, 15) is 4.79 Å². The molecule has 0 fully saturated rings. The van der Waals surface area contributed by atoms with Gasteiger partial charge in [0.2, 0.25) is 0 Å². The average molecular weight is 389 g/mol. The number of rotatable bonds is 6. The predicted molar refractivity (Wildman–Crippen MR) is 117 cm³/mol. The van der Waals surface area contributed by atoms with Gasteiger partial charge in [-0.1, -0.05) is 51.1 Å². The molecule has 0 atom stereocenters. The van der Waals surface area contributed by atoms with Gasteiger partial charge in [0.05, 0.1) is 24.6 Å². The van der Waals surface area contributed by atoms with E-state index >= 15 is 0 Å². The molecule has 0 saturated carbocycles. The monoisotopic (exact) mass is 389 g/mol. The molecule has 0 bridgehead atoms. The Bertz CT molecular complexity index is 976. The van der Waals surface area contributed by atoms with Crippen molar-refractivity contribution in [1.82, 2.24) is 10.3 Å². The van der Waals surface area contributed by atoms with E-state index in [1.807, 2.05) is 36.4 Å². The molecule has 150 valence electrons. The zero-order valence-electron chi connectivity index (χ0n) is 17.3. The number of pyridine rings is 1. The number of hydrogen-bond acceptors (Lipinski definition) is 4. The van der Waals surface area contributed by atoms with Gasteiger partial charge in [0, 0.05) is 24.0 Å². The van der Waals surface area contributed by atoms with Gasteiger partial charge in [-0.2, -0.15) is 0 Å². The van der Waals surface area contributed by atoms with Gasteiger partial charge in [-0.3, -0.25) is 9.78 Å². The van der Waals surface area contributed by atoms with E-state index in [1.165, 1.54) is 5.56 Å². The predicted octanol–water partition coefficient (Wildman–Crippen LogP) is 5.06. The molecule has 0 saturated heterocycles. The third-order valence-electron chi connectivity index (χ3n) is 4.67. The summed E-state index contributed by atoms with van der Waals surface area (Å²) >= 11 is 0. The van der Waals surface area contributed by atoms with Gasteiger partial charge < -0.3 is 15.4 Å². The van der Waals surface area contributed by atoms with Crippen molar-refractivity contribution in [2.24, 2.45) is 0 Å². The number of hydrogen-bond donors (Lipinski definition) is 2. The number of amides is 1. The van der Waals surface area contributed by atoms with Crippen molar-refractivity contribution in [3.05, 3.63) is 83.7 Å². The van der Waals surface area contributed by atoms with E-state index in [1.54, 1.807) is 25.6 Å². The lowest BCUT2D eigenvalue weighted by Gasteiger charge is -2.19. The molecule has 2 N–H and O–H groups in total. The quantitative estimate of drug-likeness (QED) is 0.618. The first kappa shape index (κ1) is 20.4. The zero-order chi connectivity index (χ0) is 20.9. The van der Waals surface area contributed by atoms with Crippen LogP contribution in [0.2, 0.25) is 0 Å². The van der Waals surface area contributed by atoms with Gasteiger partial charge in [-0.05, 0) is 35.2 Å². The number of nitrogens with one attached hydrogen (secondary N) is 2. The van der Waals surface area contributed by atoms with Crippen molar-refractivity contribution < 1.29 is 9.53 Å². The minimum absolute atomic E-state index is 0.111. The van der Waals surface area contributed by atoms with Gasteiger partial charge in [0.25, 0.3) is 5.91 Å². The smallest absolute Gasteiger partial charge is 0.253 e. The van der Waals surface area contributed by atoms with Crippen LogP contribution in [-0.2, 0) is 12.0 Å². The number of aromatic nitrogens is 1. The average Bonchev–Trinajstić information content (AvgIpc) is 2.72. The Balaban J connectivity index is 1.66. The van der Waals surface area contributed by atoms with E-state index in [0.717, 1.165) is 22.7 Å². The van der Waals surface area contributed by atoms with Crippen LogP contribution < -0.4 is 15.4 Å². The number of carbonyl (C=O) groups is 1. The normalized spacial score (nSPS) is 11.0. The molecule has 5 heteroatoms. The fourth-order valence-electron chi connectivity index (χ4n) is 2.98. The Morgan fingerprint density at radius 2 is 1.72 bits per heavy atom. The summed E-state index contributed by atoms with van der Waals surface area (Å²) in [5, 5.41) is 6.23. The first-order valence-corrected chi connectivity index (χ1v) is 9.59. The summed E-state index contributed by atoms with van der Waals surface area (Å²) in [7, 11) is 1.62. The summed E-state index contributed by atoms with van der Waals surface area (Å²) in [6, 6.07) is 17.7. The Labute approximate surface area is 172 Å². The lowest BCUT2D eigenvalue weighted by molar-refractivity contribution is 0.0950. The molecule has 5 nitrogen and oxygen atoms in total. The number of methoxy groups -OCH3 is 1. The largest absolute Gasteiger partial charge is 0.496 e. The number of carbonyl (C=O) groups excluding carboxylic acids is 1. The Morgan fingerprint density at radius 1 is 1.00 bits per heavy atom. The summed E-state index contributed by atoms with van der Waals surface area (Å²) in [4.78, 5) is 16.8. The molecule has 0 aliphatic heterocycles. The van der Waals surface area contributed by atoms with Crippen LogP contribution >= 0.6 is 0 Å². The fraction of sp³-hybridized carbons (Fsp3) is 0.250. The molecule has 0 aliphatic rings. The summed E-state index contributed by atoms with van der Waals surface area (Å²) in [5.74, 6) is 0.565. The highest BCUT2D eigenvalue weighted by Crippen LogP contribution is 2.25. The molecule has 0 spiro atoms. The maximum Gasteiger partial charge on any atom is 0.253 e. The minimum atomic E-state index is -0.185. The first-order valence-electron chi connectivity index (χ1n) is 9.59. The maximum atomic E-state index is 12.6. The topological polar surface area (TPSA) is 63.2 Å². The van der Waals surface area contributed by atoms with Crippen molar-refractivity contribution in [2.45, 2.75) is 32.7 Å². The minimum Gasteiger partial charge on any atom is -0.496 e. The second-order valence-corrected chi connectivity index (χ2v) is 7.91. The van der Waals surface area contributed by atoms with Crippen LogP contribution in [0, 0.1) is 0 Å². The highest BCUT2D eigenvalue weighted by molar-refractivity contribution is 5.94. The van der Waals surface area contributed by atoms with Crippen LogP contribution in [0.4, 0.5) is 11.4 Å². The molecule has 3 rings (SSSR count). The standard InChI is InChI=1S/C24H27N3O2/c1-24(2,3)19-9-11-20(12-10-19)27-21-13-18(14-25-16-21)23(28)26-15-17-7-5-6-8-22(17)29-4/h5-14,16,27H,15H2,1-4H3,(H,26,28). The lowest BCUT2D eigenvalue weighted by atomic mass is 9.87. The van der Waals surface area contributed by atoms with Gasteiger partial charge in [0.15, 0.2) is 0 Å². The van der Waals surface area contributed by atoms with E-state index < -0.39 is 0 Å². The third kappa shape index (κ3) is 5.35. The van der Waals surface area contributed by atoms with Crippen molar-refractivity contribution in [3.8, 4) is 5.75 Å². The number of nitrogens with zero attached hydrogens (tertiary/aromatic N) is 1. The van der Waals surface area contributed by atoms with Crippen molar-refractivity contribution >= 4 is 17.3 Å². The van der Waals surface area contributed by atoms with Crippen LogP contribution in [0.1, 0.15) is 42.3 Å². The van der Waals surface area contributed by atoms with Gasteiger partial charge in [-0.15, -0.1) is 0 Å². The van der Waals surface area contributed by atoms with Crippen molar-refractivity contribution in [1.29, 1.82) is 0 Å². The number of ether oxygens (including phenoxy) is 1. The van der Waals surface area contributed by atoms with Crippen LogP contribution in [0.3, 0.4) is 0 Å². The van der Waals surface area contributed by atoms with Crippen molar-refractivity contribution in [3.63, 3.8) is 0 Å². The Kier molecular flexibility index (Phi) is 6.17. The van der Waals surface area contributed by atoms with E-state index in [0.29, 0.717) is 12.1 Å². The lowest BCUT2D eigenvalue weighted by Crippen LogP contribution is -2.23. The first-order chi connectivity index (χ1) is 13.9. The van der Waals surface area contributed by atoms with Crippen LogP contribution in [0.5, 0.6) is 5.75 Å². The molecule has 0 unspecified atom stereocenters. The zero-order valence-corrected chi connectivity index (χ0v) is 17.3. The van der Waals surface area contributed by atoms with Gasteiger partial charge in [-0.25, -0.2) is 0 Å². The van der Waals surface area contributed by atoms with Gasteiger partial charge >= 0.3 is 0 Å². The fourth-order valence-corrected chi connectivity index (χ4v) is 2.98. The summed E-state index contributed by atoms with van der Waals surface area (Å²) in [6.07, 6.45) is 3.26. The van der Waals surface area contributed by atoms with Crippen LogP contribution in [-0.4, -0.2) is 18.0 Å². The third-order valence-corrected chi connectivity index (χ3v) is 4.67. The molecule has 1 heterocycles. The summed E-state index contributed by atoms with van der Waals surface area (Å²) in [6.45, 7) is 6.94. The van der Waals surface area contributed by atoms with Gasteiger partial charge in [0.1, 0.15) is 5.75 Å². The highest BCUT2D eigenvalue weighted by atomic mass is 16.5. The van der Waals surface area contributed by atoms with E-state index in [2.05, 4.69) is 48.5 Å². The molecular weight excluding hydrogens is 362 g/mol. The summed E-state index contributed by atoms with van der Waals surface area (Å²) in [5.41, 5.74) is 4.51. The number of benzene rings is 2. The van der Waals surface area contributed by atoms with E-state index in [4.69, 9.17) is 4.74 Å². The second kappa shape index (κ2) is 8.78. The molecule has 3 aromatic rings. The SMILES string of the molecule is COc1ccccc1CNC(=O)c1cncc(Nc2ccc(C(C)(C)C)cc2)c1. The Hall–Kier alpha value is -3.34. The molecule has 29 heavy (non-hydrogen) atoms. The van der Waals surface area contributed by atoms with Crippen molar-refractivity contribution in [2.75, 3.05) is 12.4 Å². The molecular formula is C24H27N3O2. The Morgan fingerprint density at radius 3 is 2.41 bits per heavy atom. The molecule has 0 radical (unpaired) electrons. The summed E-state index contributed by atoms with van der Waals surface area (Å²) < 4.78 is 5.32. The number of anilines is 2. The maximum absolute atomic E-state index is 12.6. The highest BCUT2D eigenvalue weighted by Gasteiger charge is 2.13. The second-order valence-electron chi connectivity index (χ2n) is 7.91. The molecule has 1 amide bonds. The molecule has 1 aromatic heterocycles. The van der Waals surface area contributed by atoms with Crippen LogP contribution in [0.25, 0.3) is 0 Å². The molecule has 2 aromatic carbocycles. The van der Waals surface area contributed by atoms with E-state index in [-0.39, 0.29) is 11.3 Å².